The Balaban J connectivity index is 2.03. The van der Waals surface area contributed by atoms with Crippen LogP contribution in [0, 0.1) is 0 Å². The van der Waals surface area contributed by atoms with E-state index in [2.05, 4.69) is 10.4 Å². The lowest BCUT2D eigenvalue weighted by Gasteiger charge is -2.06. The number of nitrogens with two attached hydrogens (primary N) is 1. The molecule has 0 spiro atoms. The molecule has 6 nitrogen and oxygen atoms in total. The van der Waals surface area contributed by atoms with Crippen molar-refractivity contribution in [2.24, 2.45) is 0 Å². The van der Waals surface area contributed by atoms with Crippen LogP contribution in [0.25, 0.3) is 10.9 Å². The van der Waals surface area contributed by atoms with Crippen molar-refractivity contribution < 1.29 is 9.53 Å². The first kappa shape index (κ1) is 10.9. The van der Waals surface area contributed by atoms with E-state index in [0.29, 0.717) is 24.4 Å². The summed E-state index contributed by atoms with van der Waals surface area (Å²) < 4.78 is 6.99. The van der Waals surface area contributed by atoms with Crippen LogP contribution in [-0.2, 0) is 4.79 Å². The van der Waals surface area contributed by atoms with Gasteiger partial charge in [0.05, 0.1) is 30.8 Å². The molecule has 0 aliphatic carbocycles. The van der Waals surface area contributed by atoms with E-state index in [4.69, 9.17) is 10.5 Å². The molecule has 18 heavy (non-hydrogen) atoms. The van der Waals surface area contributed by atoms with Gasteiger partial charge in [0.15, 0.2) is 0 Å². The Kier molecular flexibility index (Phi) is 2.36. The quantitative estimate of drug-likeness (QED) is 0.764. The number of nitrogens with zero attached hydrogens (tertiary/aromatic N) is 2. The summed E-state index contributed by atoms with van der Waals surface area (Å²) >= 11 is 0. The summed E-state index contributed by atoms with van der Waals surface area (Å²) in [6, 6.07) is 3.73. The highest BCUT2D eigenvalue weighted by molar-refractivity contribution is 5.85. The smallest absolute Gasteiger partial charge is 0.222 e. The predicted molar refractivity (Wildman–Crippen MR) is 67.4 cm³/mol. The fourth-order valence-electron chi connectivity index (χ4n) is 2.23. The Bertz CT molecular complexity index is 620. The van der Waals surface area contributed by atoms with Gasteiger partial charge in [0.25, 0.3) is 0 Å². The van der Waals surface area contributed by atoms with Gasteiger partial charge >= 0.3 is 0 Å². The van der Waals surface area contributed by atoms with Crippen molar-refractivity contribution in [1.29, 1.82) is 0 Å². The second-order valence-corrected chi connectivity index (χ2v) is 4.42. The SMILES string of the molecule is COc1cc2nn(C3CNC(=O)C3)cc2cc1N. The molecular weight excluding hydrogens is 232 g/mol. The van der Waals surface area contributed by atoms with Crippen LogP contribution in [0.3, 0.4) is 0 Å². The van der Waals surface area contributed by atoms with Gasteiger partial charge in [-0.3, -0.25) is 9.48 Å². The fourth-order valence-corrected chi connectivity index (χ4v) is 2.23. The monoisotopic (exact) mass is 246 g/mol. The van der Waals surface area contributed by atoms with Crippen molar-refractivity contribution in [3.05, 3.63) is 18.3 Å². The molecule has 2 heterocycles. The highest BCUT2D eigenvalue weighted by Gasteiger charge is 2.23. The number of ether oxygens (including phenoxy) is 1. The van der Waals surface area contributed by atoms with Crippen molar-refractivity contribution in [3.8, 4) is 5.75 Å². The summed E-state index contributed by atoms with van der Waals surface area (Å²) in [5, 5.41) is 8.22. The van der Waals surface area contributed by atoms with E-state index in [-0.39, 0.29) is 11.9 Å². The number of nitrogen functional groups attached to an aromatic ring is 1. The first-order valence-electron chi connectivity index (χ1n) is 5.76. The van der Waals surface area contributed by atoms with Gasteiger partial charge < -0.3 is 15.8 Å². The zero-order chi connectivity index (χ0) is 12.7. The highest BCUT2D eigenvalue weighted by atomic mass is 16.5. The molecule has 1 saturated heterocycles. The maximum atomic E-state index is 11.2. The van der Waals surface area contributed by atoms with Crippen molar-refractivity contribution in [2.75, 3.05) is 19.4 Å². The minimum atomic E-state index is 0.0663. The van der Waals surface area contributed by atoms with Crippen LogP contribution in [0.2, 0.25) is 0 Å². The average Bonchev–Trinajstić information content (AvgIpc) is 2.93. The molecule has 1 amide bonds. The van der Waals surface area contributed by atoms with E-state index in [1.165, 1.54) is 0 Å². The van der Waals surface area contributed by atoms with Crippen molar-refractivity contribution >= 4 is 22.5 Å². The summed E-state index contributed by atoms with van der Waals surface area (Å²) in [4.78, 5) is 11.2. The van der Waals surface area contributed by atoms with Gasteiger partial charge in [-0.25, -0.2) is 0 Å². The number of fused-ring (bicyclic) bond motifs is 1. The maximum absolute atomic E-state index is 11.2. The van der Waals surface area contributed by atoms with Crippen LogP contribution in [0.4, 0.5) is 5.69 Å². The summed E-state index contributed by atoms with van der Waals surface area (Å²) in [5.74, 6) is 0.685. The molecule has 1 aromatic heterocycles. The number of nitrogens with one attached hydrogen (secondary N) is 1. The number of carbonyl (C=O) groups excluding carboxylic acids is 1. The number of hydrogen-bond donors (Lipinski definition) is 2. The van der Waals surface area contributed by atoms with Gasteiger partial charge in [-0.15, -0.1) is 0 Å². The van der Waals surface area contributed by atoms with Crippen LogP contribution in [0.15, 0.2) is 18.3 Å². The van der Waals surface area contributed by atoms with E-state index >= 15 is 0 Å². The van der Waals surface area contributed by atoms with Gasteiger partial charge in [-0.1, -0.05) is 0 Å². The normalized spacial score (nSPS) is 19.2. The van der Waals surface area contributed by atoms with Crippen LogP contribution in [0.1, 0.15) is 12.5 Å². The molecule has 1 fully saturated rings. The number of benzene rings is 1. The number of hydrogen-bond acceptors (Lipinski definition) is 4. The largest absolute Gasteiger partial charge is 0.495 e. The molecule has 6 heteroatoms. The third kappa shape index (κ3) is 1.66. The molecule has 1 unspecified atom stereocenters. The summed E-state index contributed by atoms with van der Waals surface area (Å²) in [7, 11) is 1.58. The van der Waals surface area contributed by atoms with Gasteiger partial charge in [-0.05, 0) is 6.07 Å². The van der Waals surface area contributed by atoms with Crippen molar-refractivity contribution in [3.63, 3.8) is 0 Å². The Morgan fingerprint density at radius 1 is 1.56 bits per heavy atom. The summed E-state index contributed by atoms with van der Waals surface area (Å²) in [6.45, 7) is 0.624. The first-order valence-corrected chi connectivity index (χ1v) is 5.76. The predicted octanol–water partition coefficient (Wildman–Crippen LogP) is 0.688. The molecule has 0 bridgehead atoms. The molecule has 2 aromatic rings. The van der Waals surface area contributed by atoms with Crippen LogP contribution < -0.4 is 15.8 Å². The molecule has 3 N–H and O–H groups in total. The van der Waals surface area contributed by atoms with Crippen LogP contribution >= 0.6 is 0 Å². The van der Waals surface area contributed by atoms with Gasteiger partial charge in [-0.2, -0.15) is 5.10 Å². The number of carbonyl (C=O) groups is 1. The number of anilines is 1. The van der Waals surface area contributed by atoms with Crippen molar-refractivity contribution in [2.45, 2.75) is 12.5 Å². The zero-order valence-electron chi connectivity index (χ0n) is 10.0. The van der Waals surface area contributed by atoms with Crippen LogP contribution in [0.5, 0.6) is 5.75 Å². The number of methoxy groups -OCH3 is 1. The van der Waals surface area contributed by atoms with Gasteiger partial charge in [0, 0.05) is 24.2 Å². The Hall–Kier alpha value is -2.24. The molecule has 1 aromatic carbocycles. The Morgan fingerprint density at radius 3 is 3.06 bits per heavy atom. The molecule has 0 saturated carbocycles. The lowest BCUT2D eigenvalue weighted by molar-refractivity contribution is -0.119. The van der Waals surface area contributed by atoms with E-state index in [1.807, 2.05) is 23.0 Å². The third-order valence-electron chi connectivity index (χ3n) is 3.20. The number of rotatable bonds is 2. The fraction of sp³-hybridized carbons (Fsp3) is 0.333. The Morgan fingerprint density at radius 2 is 2.39 bits per heavy atom. The zero-order valence-corrected chi connectivity index (χ0v) is 10.0. The third-order valence-corrected chi connectivity index (χ3v) is 3.20. The summed E-state index contributed by atoms with van der Waals surface area (Å²) in [6.07, 6.45) is 2.39. The maximum Gasteiger partial charge on any atom is 0.222 e. The molecular formula is C12H14N4O2. The van der Waals surface area contributed by atoms with Crippen LogP contribution in [-0.4, -0.2) is 29.3 Å². The highest BCUT2D eigenvalue weighted by Crippen LogP contribution is 2.28. The average molecular weight is 246 g/mol. The molecule has 0 radical (unpaired) electrons. The van der Waals surface area contributed by atoms with Gasteiger partial charge in [0.2, 0.25) is 5.91 Å². The standard InChI is InChI=1S/C12H14N4O2/c1-18-11-4-10-7(2-9(11)13)6-16(15-10)8-3-12(17)14-5-8/h2,4,6,8H,3,5,13H2,1H3,(H,14,17). The van der Waals surface area contributed by atoms with Crippen molar-refractivity contribution in [1.82, 2.24) is 15.1 Å². The molecule has 1 aliphatic rings. The topological polar surface area (TPSA) is 82.2 Å². The number of aromatic nitrogens is 2. The molecule has 3 rings (SSSR count). The second kappa shape index (κ2) is 3.90. The number of amides is 1. The molecule has 1 atom stereocenters. The lowest BCUT2D eigenvalue weighted by atomic mass is 10.2. The second-order valence-electron chi connectivity index (χ2n) is 4.42. The molecule has 1 aliphatic heterocycles. The first-order chi connectivity index (χ1) is 8.67. The minimum Gasteiger partial charge on any atom is -0.495 e. The lowest BCUT2D eigenvalue weighted by Crippen LogP contribution is -2.15. The summed E-state index contributed by atoms with van der Waals surface area (Å²) in [5.41, 5.74) is 7.26. The van der Waals surface area contributed by atoms with E-state index in [9.17, 15) is 4.79 Å². The van der Waals surface area contributed by atoms with E-state index in [0.717, 1.165) is 10.9 Å². The Labute approximate surface area is 104 Å². The van der Waals surface area contributed by atoms with Gasteiger partial charge in [0.1, 0.15) is 5.75 Å². The molecule has 94 valence electrons. The van der Waals surface area contributed by atoms with E-state index in [1.54, 1.807) is 7.11 Å². The van der Waals surface area contributed by atoms with E-state index < -0.39 is 0 Å². The minimum absolute atomic E-state index is 0.0663.